The highest BCUT2D eigenvalue weighted by Gasteiger charge is 2.09. The molecule has 0 fully saturated rings. The van der Waals surface area contributed by atoms with Gasteiger partial charge in [0.15, 0.2) is 0 Å². The van der Waals surface area contributed by atoms with Crippen LogP contribution in [-0.2, 0) is 9.59 Å². The highest BCUT2D eigenvalue weighted by Crippen LogP contribution is 2.04. The van der Waals surface area contributed by atoms with Crippen LogP contribution in [-0.4, -0.2) is 21.6 Å². The molecule has 0 unspecified atom stereocenters. The standard InChI is InChI=1S/C12H19N3O2/c1-2-3-4-5-7-11(16)10-12(17)14-15-9-6-8-13-15/h6,8-9H,2-5,7,10H2,1H3,(H,14,17). The number of aromatic nitrogens is 2. The minimum absolute atomic E-state index is 0.00856. The van der Waals surface area contributed by atoms with Crippen molar-refractivity contribution >= 4 is 11.7 Å². The van der Waals surface area contributed by atoms with Crippen LogP contribution < -0.4 is 5.43 Å². The lowest BCUT2D eigenvalue weighted by atomic mass is 10.1. The molecular formula is C12H19N3O2. The lowest BCUT2D eigenvalue weighted by molar-refractivity contribution is -0.126. The largest absolute Gasteiger partial charge is 0.299 e. The van der Waals surface area contributed by atoms with Crippen molar-refractivity contribution in [1.29, 1.82) is 0 Å². The normalized spacial score (nSPS) is 10.2. The first-order valence-electron chi connectivity index (χ1n) is 6.03. The van der Waals surface area contributed by atoms with Crippen molar-refractivity contribution in [2.75, 3.05) is 5.43 Å². The number of ketones is 1. The Balaban J connectivity index is 2.15. The molecule has 0 aliphatic carbocycles. The summed E-state index contributed by atoms with van der Waals surface area (Å²) in [6.45, 7) is 2.12. The molecule has 1 rings (SSSR count). The van der Waals surface area contributed by atoms with Crippen molar-refractivity contribution in [3.63, 3.8) is 0 Å². The molecule has 0 aliphatic heterocycles. The number of nitrogens with zero attached hydrogens (tertiary/aromatic N) is 2. The van der Waals surface area contributed by atoms with Crippen molar-refractivity contribution in [2.24, 2.45) is 0 Å². The fourth-order valence-electron chi connectivity index (χ4n) is 1.52. The van der Waals surface area contributed by atoms with Crippen LogP contribution in [0.4, 0.5) is 0 Å². The van der Waals surface area contributed by atoms with Gasteiger partial charge < -0.3 is 0 Å². The second-order valence-electron chi connectivity index (χ2n) is 4.01. The van der Waals surface area contributed by atoms with Gasteiger partial charge in [0.2, 0.25) is 5.91 Å². The lowest BCUT2D eigenvalue weighted by Crippen LogP contribution is -2.25. The van der Waals surface area contributed by atoms with Gasteiger partial charge in [0.1, 0.15) is 5.78 Å². The van der Waals surface area contributed by atoms with E-state index in [1.54, 1.807) is 18.5 Å². The predicted molar refractivity (Wildman–Crippen MR) is 65.0 cm³/mol. The Morgan fingerprint density at radius 1 is 1.29 bits per heavy atom. The van der Waals surface area contributed by atoms with Crippen LogP contribution in [0.25, 0.3) is 0 Å². The number of unbranched alkanes of at least 4 members (excludes halogenated alkanes) is 3. The summed E-state index contributed by atoms with van der Waals surface area (Å²) in [5, 5.41) is 3.82. The number of Topliss-reactive ketones (excluding diaryl/α,β-unsaturated/α-hetero) is 1. The topological polar surface area (TPSA) is 64.0 Å². The smallest absolute Gasteiger partial charge is 0.247 e. The molecule has 0 saturated carbocycles. The minimum Gasteiger partial charge on any atom is -0.299 e. The average Bonchev–Trinajstić information content (AvgIpc) is 2.77. The predicted octanol–water partition coefficient (Wildman–Crippen LogP) is 1.88. The van der Waals surface area contributed by atoms with E-state index in [2.05, 4.69) is 17.4 Å². The van der Waals surface area contributed by atoms with Gasteiger partial charge in [-0.3, -0.25) is 9.59 Å². The molecule has 0 saturated heterocycles. The fourth-order valence-corrected chi connectivity index (χ4v) is 1.52. The second-order valence-corrected chi connectivity index (χ2v) is 4.01. The summed E-state index contributed by atoms with van der Waals surface area (Å²) in [7, 11) is 0. The lowest BCUT2D eigenvalue weighted by Gasteiger charge is -2.04. The van der Waals surface area contributed by atoms with E-state index in [0.717, 1.165) is 25.7 Å². The average molecular weight is 237 g/mol. The van der Waals surface area contributed by atoms with Gasteiger partial charge in [-0.15, -0.1) is 0 Å². The summed E-state index contributed by atoms with van der Waals surface area (Å²) in [5.74, 6) is -0.319. The SMILES string of the molecule is CCCCCCC(=O)CC(=O)Nn1cccn1. The van der Waals surface area contributed by atoms with Crippen molar-refractivity contribution in [3.8, 4) is 0 Å². The van der Waals surface area contributed by atoms with Gasteiger partial charge >= 0.3 is 0 Å². The Morgan fingerprint density at radius 2 is 2.12 bits per heavy atom. The summed E-state index contributed by atoms with van der Waals surface area (Å²) in [5.41, 5.74) is 2.50. The van der Waals surface area contributed by atoms with Crippen LogP contribution in [0.15, 0.2) is 18.5 Å². The van der Waals surface area contributed by atoms with Crippen molar-refractivity contribution < 1.29 is 9.59 Å². The first kappa shape index (κ1) is 13.4. The number of hydrogen-bond donors (Lipinski definition) is 1. The van der Waals surface area contributed by atoms with Crippen LogP contribution in [0.1, 0.15) is 45.4 Å². The maximum atomic E-state index is 11.5. The number of carbonyl (C=O) groups excluding carboxylic acids is 2. The fraction of sp³-hybridized carbons (Fsp3) is 0.583. The molecule has 1 heterocycles. The van der Waals surface area contributed by atoms with E-state index in [-0.39, 0.29) is 18.1 Å². The molecule has 0 spiro atoms. The van der Waals surface area contributed by atoms with E-state index in [4.69, 9.17) is 0 Å². The molecule has 0 aromatic carbocycles. The van der Waals surface area contributed by atoms with Crippen LogP contribution in [0.2, 0.25) is 0 Å². The van der Waals surface area contributed by atoms with Gasteiger partial charge in [0, 0.05) is 12.6 Å². The van der Waals surface area contributed by atoms with Crippen LogP contribution in [0, 0.1) is 0 Å². The number of amides is 1. The maximum Gasteiger partial charge on any atom is 0.247 e. The van der Waals surface area contributed by atoms with Crippen molar-refractivity contribution in [3.05, 3.63) is 18.5 Å². The van der Waals surface area contributed by atoms with Gasteiger partial charge in [0.25, 0.3) is 0 Å². The van der Waals surface area contributed by atoms with Crippen LogP contribution in [0.5, 0.6) is 0 Å². The third kappa shape index (κ3) is 5.85. The van der Waals surface area contributed by atoms with Gasteiger partial charge in [0.05, 0.1) is 12.6 Å². The molecular weight excluding hydrogens is 218 g/mol. The van der Waals surface area contributed by atoms with Gasteiger partial charge in [-0.25, -0.2) is 5.43 Å². The third-order valence-electron chi connectivity index (χ3n) is 2.41. The molecule has 94 valence electrons. The molecule has 5 heteroatoms. The monoisotopic (exact) mass is 237 g/mol. The zero-order chi connectivity index (χ0) is 12.5. The zero-order valence-electron chi connectivity index (χ0n) is 10.2. The van der Waals surface area contributed by atoms with Crippen molar-refractivity contribution in [1.82, 2.24) is 9.89 Å². The minimum atomic E-state index is -0.311. The van der Waals surface area contributed by atoms with Crippen LogP contribution >= 0.6 is 0 Å². The summed E-state index contributed by atoms with van der Waals surface area (Å²) >= 11 is 0. The van der Waals surface area contributed by atoms with Gasteiger partial charge in [-0.2, -0.15) is 9.89 Å². The summed E-state index contributed by atoms with van der Waals surface area (Å²) in [6, 6.07) is 1.70. The van der Waals surface area contributed by atoms with E-state index in [9.17, 15) is 9.59 Å². The Hall–Kier alpha value is -1.65. The van der Waals surface area contributed by atoms with E-state index >= 15 is 0 Å². The second kappa shape index (κ2) is 7.60. The molecule has 1 amide bonds. The third-order valence-corrected chi connectivity index (χ3v) is 2.41. The number of carbonyl (C=O) groups is 2. The summed E-state index contributed by atoms with van der Waals surface area (Å²) < 4.78 is 0. The quantitative estimate of drug-likeness (QED) is 0.554. The summed E-state index contributed by atoms with van der Waals surface area (Å²) in [6.07, 6.45) is 7.83. The van der Waals surface area contributed by atoms with E-state index in [1.165, 1.54) is 4.79 Å². The Bertz CT molecular complexity index is 347. The molecule has 17 heavy (non-hydrogen) atoms. The van der Waals surface area contributed by atoms with E-state index < -0.39 is 0 Å². The number of nitrogens with one attached hydrogen (secondary N) is 1. The highest BCUT2D eigenvalue weighted by atomic mass is 16.2. The molecule has 0 aliphatic rings. The first-order valence-corrected chi connectivity index (χ1v) is 6.03. The first-order chi connectivity index (χ1) is 8.22. The molecule has 0 radical (unpaired) electrons. The van der Waals surface area contributed by atoms with E-state index in [1.807, 2.05) is 0 Å². The molecule has 1 aromatic rings. The summed E-state index contributed by atoms with van der Waals surface area (Å²) in [4.78, 5) is 24.2. The number of rotatable bonds is 8. The Kier molecular flexibility index (Phi) is 5.99. The molecule has 0 bridgehead atoms. The van der Waals surface area contributed by atoms with Crippen LogP contribution in [0.3, 0.4) is 0 Å². The molecule has 1 aromatic heterocycles. The highest BCUT2D eigenvalue weighted by molar-refractivity contribution is 6.01. The Morgan fingerprint density at radius 3 is 2.76 bits per heavy atom. The molecule has 1 N–H and O–H groups in total. The van der Waals surface area contributed by atoms with Gasteiger partial charge in [-0.1, -0.05) is 26.2 Å². The van der Waals surface area contributed by atoms with Crippen molar-refractivity contribution in [2.45, 2.75) is 45.4 Å². The maximum absolute atomic E-state index is 11.5. The van der Waals surface area contributed by atoms with Gasteiger partial charge in [-0.05, 0) is 12.5 Å². The number of hydrogen-bond acceptors (Lipinski definition) is 3. The Labute approximate surface area is 101 Å². The molecule has 5 nitrogen and oxygen atoms in total. The zero-order valence-corrected chi connectivity index (χ0v) is 10.2. The molecule has 0 atom stereocenters. The van der Waals surface area contributed by atoms with E-state index in [0.29, 0.717) is 6.42 Å².